The molecular weight excluding hydrogens is 142 g/mol. The number of hydrogen-bond donors (Lipinski definition) is 1. The molecule has 1 nitrogen and oxygen atoms in total. The van der Waals surface area contributed by atoms with Crippen LogP contribution in [0.15, 0.2) is 0 Å². The molecule has 2 fully saturated rings. The Bertz CT molecular complexity index is 168. The minimum Gasteiger partial charge on any atom is -0.393 e. The van der Waals surface area contributed by atoms with Crippen LogP contribution in [-0.2, 0) is 0 Å². The van der Waals surface area contributed by atoms with Crippen molar-refractivity contribution in [2.75, 3.05) is 0 Å². The summed E-state index contributed by atoms with van der Waals surface area (Å²) >= 11 is 5.07. The lowest BCUT2D eigenvalue weighted by atomic mass is 9.84. The van der Waals surface area contributed by atoms with Crippen molar-refractivity contribution in [3.63, 3.8) is 0 Å². The number of thiocarbonyl (C=S) groups is 1. The molecule has 0 saturated heterocycles. The summed E-state index contributed by atoms with van der Waals surface area (Å²) in [5.41, 5.74) is 6.02. The SMILES string of the molecule is NC(=S)C12CCC(CC1)C2. The van der Waals surface area contributed by atoms with E-state index in [1.54, 1.807) is 0 Å². The van der Waals surface area contributed by atoms with Crippen LogP contribution in [0.5, 0.6) is 0 Å². The average Bonchev–Trinajstić information content (AvgIpc) is 2.45. The highest BCUT2D eigenvalue weighted by molar-refractivity contribution is 7.80. The second-order valence-electron chi connectivity index (χ2n) is 3.79. The third-order valence-corrected chi connectivity index (χ3v) is 3.70. The molecule has 0 spiro atoms. The Hall–Kier alpha value is -0.110. The molecule has 0 heterocycles. The van der Waals surface area contributed by atoms with Crippen molar-refractivity contribution in [1.82, 2.24) is 0 Å². The van der Waals surface area contributed by atoms with Crippen LogP contribution in [0.4, 0.5) is 0 Å². The van der Waals surface area contributed by atoms with Crippen LogP contribution in [0, 0.1) is 11.3 Å². The van der Waals surface area contributed by atoms with Crippen LogP contribution in [0.1, 0.15) is 32.1 Å². The normalized spacial score (nSPS) is 44.2. The summed E-state index contributed by atoms with van der Waals surface area (Å²) in [5, 5.41) is 0. The van der Waals surface area contributed by atoms with Crippen LogP contribution >= 0.6 is 12.2 Å². The maximum atomic E-state index is 5.70. The van der Waals surface area contributed by atoms with E-state index in [1.165, 1.54) is 32.1 Å². The highest BCUT2D eigenvalue weighted by Crippen LogP contribution is 2.54. The third-order valence-electron chi connectivity index (χ3n) is 3.26. The van der Waals surface area contributed by atoms with E-state index in [2.05, 4.69) is 0 Å². The summed E-state index contributed by atoms with van der Waals surface area (Å²) in [6.45, 7) is 0. The molecule has 2 saturated carbocycles. The highest BCUT2D eigenvalue weighted by atomic mass is 32.1. The van der Waals surface area contributed by atoms with Crippen LogP contribution in [-0.4, -0.2) is 4.99 Å². The largest absolute Gasteiger partial charge is 0.393 e. The molecule has 2 aliphatic rings. The molecule has 0 aliphatic heterocycles. The van der Waals surface area contributed by atoms with Crippen molar-refractivity contribution >= 4 is 17.2 Å². The van der Waals surface area contributed by atoms with E-state index in [1.807, 2.05) is 0 Å². The molecule has 2 aliphatic carbocycles. The second kappa shape index (κ2) is 1.94. The standard InChI is InChI=1S/C8H13NS/c9-7(10)8-3-1-6(5-8)2-4-8/h6H,1-5H2,(H2,9,10). The van der Waals surface area contributed by atoms with Gasteiger partial charge in [-0.1, -0.05) is 12.2 Å². The lowest BCUT2D eigenvalue weighted by Gasteiger charge is -2.24. The predicted octanol–water partition coefficient (Wildman–Crippen LogP) is 1.85. The van der Waals surface area contributed by atoms with E-state index in [9.17, 15) is 0 Å². The molecule has 0 aromatic carbocycles. The Kier molecular flexibility index (Phi) is 1.28. The van der Waals surface area contributed by atoms with Gasteiger partial charge in [0.2, 0.25) is 0 Å². The van der Waals surface area contributed by atoms with Gasteiger partial charge in [-0.15, -0.1) is 0 Å². The minimum atomic E-state index is 0.319. The van der Waals surface area contributed by atoms with Gasteiger partial charge in [-0.25, -0.2) is 0 Å². The Balaban J connectivity index is 2.23. The van der Waals surface area contributed by atoms with E-state index in [-0.39, 0.29) is 0 Å². The molecule has 0 unspecified atom stereocenters. The fourth-order valence-corrected chi connectivity index (χ4v) is 2.83. The van der Waals surface area contributed by atoms with Crippen molar-refractivity contribution in [2.24, 2.45) is 17.1 Å². The average molecular weight is 155 g/mol. The zero-order chi connectivity index (χ0) is 7.19. The first-order valence-electron chi connectivity index (χ1n) is 4.03. The Labute approximate surface area is 67.0 Å². The van der Waals surface area contributed by atoms with Gasteiger partial charge in [0.05, 0.1) is 4.99 Å². The van der Waals surface area contributed by atoms with Crippen molar-refractivity contribution in [2.45, 2.75) is 32.1 Å². The van der Waals surface area contributed by atoms with Crippen LogP contribution in [0.2, 0.25) is 0 Å². The van der Waals surface area contributed by atoms with E-state index >= 15 is 0 Å². The zero-order valence-corrected chi connectivity index (χ0v) is 6.91. The molecule has 0 radical (unpaired) electrons. The molecule has 10 heavy (non-hydrogen) atoms. The molecule has 2 heteroatoms. The fraction of sp³-hybridized carbons (Fsp3) is 0.875. The topological polar surface area (TPSA) is 26.0 Å². The Morgan fingerprint density at radius 2 is 2.00 bits per heavy atom. The van der Waals surface area contributed by atoms with E-state index < -0.39 is 0 Å². The third kappa shape index (κ3) is 0.715. The Morgan fingerprint density at radius 3 is 2.20 bits per heavy atom. The molecule has 56 valence electrons. The Morgan fingerprint density at radius 1 is 1.40 bits per heavy atom. The van der Waals surface area contributed by atoms with E-state index in [0.717, 1.165) is 10.9 Å². The van der Waals surface area contributed by atoms with Crippen molar-refractivity contribution in [3.05, 3.63) is 0 Å². The van der Waals surface area contributed by atoms with Gasteiger partial charge < -0.3 is 5.73 Å². The molecule has 2 N–H and O–H groups in total. The van der Waals surface area contributed by atoms with Gasteiger partial charge in [0.25, 0.3) is 0 Å². The maximum absolute atomic E-state index is 5.70. The first kappa shape index (κ1) is 6.59. The summed E-state index contributed by atoms with van der Waals surface area (Å²) < 4.78 is 0. The number of rotatable bonds is 1. The van der Waals surface area contributed by atoms with Gasteiger partial charge in [0.15, 0.2) is 0 Å². The molecule has 2 bridgehead atoms. The lowest BCUT2D eigenvalue weighted by molar-refractivity contribution is 0.416. The van der Waals surface area contributed by atoms with E-state index in [0.29, 0.717) is 5.41 Å². The predicted molar refractivity (Wildman–Crippen MR) is 45.8 cm³/mol. The number of fused-ring (bicyclic) bond motifs is 2. The van der Waals surface area contributed by atoms with Crippen LogP contribution in [0.25, 0.3) is 0 Å². The lowest BCUT2D eigenvalue weighted by Crippen LogP contribution is -2.31. The molecule has 0 atom stereocenters. The summed E-state index contributed by atoms with van der Waals surface area (Å²) in [6, 6.07) is 0. The number of hydrogen-bond acceptors (Lipinski definition) is 1. The molecular formula is C8H13NS. The molecule has 2 rings (SSSR count). The summed E-state index contributed by atoms with van der Waals surface area (Å²) in [7, 11) is 0. The summed E-state index contributed by atoms with van der Waals surface area (Å²) in [4.78, 5) is 0.785. The van der Waals surface area contributed by atoms with Crippen molar-refractivity contribution in [3.8, 4) is 0 Å². The summed E-state index contributed by atoms with van der Waals surface area (Å²) in [6.07, 6.45) is 6.58. The van der Waals surface area contributed by atoms with Gasteiger partial charge in [0.1, 0.15) is 0 Å². The van der Waals surface area contributed by atoms with Crippen molar-refractivity contribution < 1.29 is 0 Å². The molecule has 0 amide bonds. The van der Waals surface area contributed by atoms with Crippen molar-refractivity contribution in [1.29, 1.82) is 0 Å². The van der Waals surface area contributed by atoms with Gasteiger partial charge in [-0.2, -0.15) is 0 Å². The van der Waals surface area contributed by atoms with Crippen LogP contribution in [0.3, 0.4) is 0 Å². The molecule has 0 aromatic rings. The monoisotopic (exact) mass is 155 g/mol. The smallest absolute Gasteiger partial charge is 0.0790 e. The molecule has 0 aromatic heterocycles. The summed E-state index contributed by atoms with van der Waals surface area (Å²) in [5.74, 6) is 0.960. The van der Waals surface area contributed by atoms with Crippen LogP contribution < -0.4 is 5.73 Å². The van der Waals surface area contributed by atoms with E-state index in [4.69, 9.17) is 18.0 Å². The zero-order valence-electron chi connectivity index (χ0n) is 6.10. The second-order valence-corrected chi connectivity index (χ2v) is 4.23. The minimum absolute atomic E-state index is 0.319. The van der Waals surface area contributed by atoms with Gasteiger partial charge in [-0.3, -0.25) is 0 Å². The fourth-order valence-electron chi connectivity index (χ4n) is 2.54. The quantitative estimate of drug-likeness (QED) is 0.585. The first-order chi connectivity index (χ1) is 4.73. The first-order valence-corrected chi connectivity index (χ1v) is 4.44. The maximum Gasteiger partial charge on any atom is 0.0790 e. The highest BCUT2D eigenvalue weighted by Gasteiger charge is 2.46. The van der Waals surface area contributed by atoms with Gasteiger partial charge in [-0.05, 0) is 38.0 Å². The van der Waals surface area contributed by atoms with Gasteiger partial charge in [0, 0.05) is 5.41 Å². The van der Waals surface area contributed by atoms with Gasteiger partial charge >= 0.3 is 0 Å². The number of nitrogens with two attached hydrogens (primary N) is 1.